The second-order valence-electron chi connectivity index (χ2n) is 5.31. The van der Waals surface area contributed by atoms with Gasteiger partial charge in [-0.05, 0) is 31.0 Å². The monoisotopic (exact) mass is 261 g/mol. The van der Waals surface area contributed by atoms with Crippen molar-refractivity contribution in [2.75, 3.05) is 25.5 Å². The molecule has 2 N–H and O–H groups in total. The van der Waals surface area contributed by atoms with Crippen LogP contribution in [0.4, 0.5) is 5.69 Å². The van der Waals surface area contributed by atoms with Crippen LogP contribution in [0.1, 0.15) is 31.4 Å². The van der Waals surface area contributed by atoms with Gasteiger partial charge in [-0.1, -0.05) is 12.1 Å². The molecule has 0 aromatic heterocycles. The van der Waals surface area contributed by atoms with Gasteiger partial charge < -0.3 is 15.5 Å². The predicted molar refractivity (Wildman–Crippen MR) is 78.1 cm³/mol. The first-order valence-electron chi connectivity index (χ1n) is 6.87. The number of piperidine rings is 1. The van der Waals surface area contributed by atoms with E-state index in [1.807, 2.05) is 25.9 Å². The minimum absolute atomic E-state index is 0.0162. The van der Waals surface area contributed by atoms with E-state index in [0.29, 0.717) is 13.0 Å². The Morgan fingerprint density at radius 2 is 1.95 bits per heavy atom. The van der Waals surface area contributed by atoms with E-state index in [1.54, 1.807) is 0 Å². The van der Waals surface area contributed by atoms with E-state index in [1.165, 1.54) is 0 Å². The molecule has 1 fully saturated rings. The number of benzene rings is 1. The van der Waals surface area contributed by atoms with Crippen molar-refractivity contribution >= 4 is 11.6 Å². The van der Waals surface area contributed by atoms with Crippen LogP contribution in [0.25, 0.3) is 0 Å². The lowest BCUT2D eigenvalue weighted by Crippen LogP contribution is -2.48. The van der Waals surface area contributed by atoms with Gasteiger partial charge in [-0.25, -0.2) is 0 Å². The van der Waals surface area contributed by atoms with E-state index in [9.17, 15) is 4.79 Å². The highest BCUT2D eigenvalue weighted by Crippen LogP contribution is 2.31. The maximum atomic E-state index is 12.0. The van der Waals surface area contributed by atoms with Crippen molar-refractivity contribution in [2.45, 2.75) is 31.8 Å². The molecule has 0 radical (unpaired) electrons. The second-order valence-corrected chi connectivity index (χ2v) is 5.31. The molecule has 0 bridgehead atoms. The Bertz CT molecular complexity index is 441. The molecule has 4 nitrogen and oxygen atoms in total. The van der Waals surface area contributed by atoms with Crippen LogP contribution >= 0.6 is 0 Å². The number of likely N-dealkylation sites (tertiary alicyclic amines) is 1. The molecule has 1 aliphatic heterocycles. The summed E-state index contributed by atoms with van der Waals surface area (Å²) in [6.07, 6.45) is 1.34. The van der Waals surface area contributed by atoms with Gasteiger partial charge in [-0.15, -0.1) is 0 Å². The molecule has 4 heteroatoms. The highest BCUT2D eigenvalue weighted by atomic mass is 16.2. The number of nitrogens with zero attached hydrogens (tertiary/aromatic N) is 2. The van der Waals surface area contributed by atoms with Gasteiger partial charge in [0.25, 0.3) is 0 Å². The average molecular weight is 261 g/mol. The van der Waals surface area contributed by atoms with Gasteiger partial charge in [0.1, 0.15) is 0 Å². The molecule has 1 aliphatic rings. The van der Waals surface area contributed by atoms with Gasteiger partial charge in [0.05, 0.1) is 6.04 Å². The van der Waals surface area contributed by atoms with Crippen LogP contribution in [-0.2, 0) is 4.79 Å². The fourth-order valence-electron chi connectivity index (χ4n) is 2.75. The van der Waals surface area contributed by atoms with E-state index in [0.717, 1.165) is 17.7 Å². The summed E-state index contributed by atoms with van der Waals surface area (Å²) >= 11 is 0. The summed E-state index contributed by atoms with van der Waals surface area (Å²) in [7, 11) is 4.03. The largest absolute Gasteiger partial charge is 0.378 e. The van der Waals surface area contributed by atoms with Crippen molar-refractivity contribution in [1.29, 1.82) is 0 Å². The molecule has 0 saturated carbocycles. The smallest absolute Gasteiger partial charge is 0.223 e. The van der Waals surface area contributed by atoms with Crippen molar-refractivity contribution in [3.8, 4) is 0 Å². The Labute approximate surface area is 115 Å². The summed E-state index contributed by atoms with van der Waals surface area (Å²) in [6, 6.07) is 8.37. The number of amides is 1. The number of hydrogen-bond donors (Lipinski definition) is 1. The Morgan fingerprint density at radius 1 is 1.32 bits per heavy atom. The van der Waals surface area contributed by atoms with Crippen molar-refractivity contribution in [1.82, 2.24) is 4.90 Å². The number of anilines is 1. The quantitative estimate of drug-likeness (QED) is 0.902. The Kier molecular flexibility index (Phi) is 4.10. The molecule has 19 heavy (non-hydrogen) atoms. The molecule has 1 aromatic rings. The molecule has 0 aliphatic carbocycles. The predicted octanol–water partition coefficient (Wildman–Crippen LogP) is 1.76. The zero-order valence-electron chi connectivity index (χ0n) is 12.0. The molecule has 1 amide bonds. The first kappa shape index (κ1) is 13.9. The average Bonchev–Trinajstić information content (AvgIpc) is 2.41. The van der Waals surface area contributed by atoms with Gasteiger partial charge in [-0.3, -0.25) is 4.79 Å². The molecule has 1 heterocycles. The lowest BCUT2D eigenvalue weighted by atomic mass is 9.90. The maximum absolute atomic E-state index is 12.0. The number of likely N-dealkylation sites (N-methyl/N-ethyl adjacent to an activating group) is 1. The Hall–Kier alpha value is -1.55. The van der Waals surface area contributed by atoms with Crippen LogP contribution in [0.3, 0.4) is 0 Å². The van der Waals surface area contributed by atoms with Crippen molar-refractivity contribution in [3.63, 3.8) is 0 Å². The molecule has 2 atom stereocenters. The summed E-state index contributed by atoms with van der Waals surface area (Å²) in [5, 5.41) is 0. The van der Waals surface area contributed by atoms with E-state index in [-0.39, 0.29) is 18.0 Å². The van der Waals surface area contributed by atoms with Crippen LogP contribution < -0.4 is 10.6 Å². The third-order valence-electron chi connectivity index (χ3n) is 3.84. The van der Waals surface area contributed by atoms with E-state index < -0.39 is 0 Å². The van der Waals surface area contributed by atoms with E-state index in [4.69, 9.17) is 5.73 Å². The van der Waals surface area contributed by atoms with Crippen LogP contribution in [-0.4, -0.2) is 37.5 Å². The molecule has 1 saturated heterocycles. The topological polar surface area (TPSA) is 49.6 Å². The first-order chi connectivity index (χ1) is 9.04. The molecular formula is C15H23N3O. The van der Waals surface area contributed by atoms with E-state index >= 15 is 0 Å². The van der Waals surface area contributed by atoms with Crippen LogP contribution in [0.5, 0.6) is 0 Å². The van der Waals surface area contributed by atoms with Crippen molar-refractivity contribution in [2.24, 2.45) is 5.73 Å². The lowest BCUT2D eigenvalue weighted by molar-refractivity contribution is -0.137. The van der Waals surface area contributed by atoms with Crippen molar-refractivity contribution < 1.29 is 4.79 Å². The minimum atomic E-state index is 0.0162. The number of hydrogen-bond acceptors (Lipinski definition) is 3. The van der Waals surface area contributed by atoms with Gasteiger partial charge >= 0.3 is 0 Å². The molecule has 1 aromatic carbocycles. The highest BCUT2D eigenvalue weighted by molar-refractivity contribution is 5.78. The van der Waals surface area contributed by atoms with Crippen LogP contribution in [0.15, 0.2) is 24.3 Å². The zero-order chi connectivity index (χ0) is 14.0. The second kappa shape index (κ2) is 5.61. The standard InChI is InChI=1S/C15H23N3O/c1-4-18-14(19)10-9-13(16)15(18)11-5-7-12(8-6-11)17(2)3/h5-8,13,15H,4,9-10,16H2,1-3H3. The first-order valence-corrected chi connectivity index (χ1v) is 6.87. The summed E-state index contributed by atoms with van der Waals surface area (Å²) in [6.45, 7) is 2.73. The molecular weight excluding hydrogens is 238 g/mol. The van der Waals surface area contributed by atoms with Crippen LogP contribution in [0.2, 0.25) is 0 Å². The molecule has 104 valence electrons. The summed E-state index contributed by atoms with van der Waals surface area (Å²) in [5.74, 6) is 0.214. The number of carbonyl (C=O) groups excluding carboxylic acids is 1. The molecule has 2 unspecified atom stereocenters. The van der Waals surface area contributed by atoms with Gasteiger partial charge in [0.15, 0.2) is 0 Å². The normalized spacial score (nSPS) is 23.6. The fraction of sp³-hybridized carbons (Fsp3) is 0.533. The summed E-state index contributed by atoms with van der Waals surface area (Å²) in [4.78, 5) is 16.0. The van der Waals surface area contributed by atoms with Gasteiger partial charge in [0, 0.05) is 38.8 Å². The summed E-state index contributed by atoms with van der Waals surface area (Å²) < 4.78 is 0. The number of carbonyl (C=O) groups is 1. The number of rotatable bonds is 3. The lowest BCUT2D eigenvalue weighted by Gasteiger charge is -2.39. The highest BCUT2D eigenvalue weighted by Gasteiger charge is 2.33. The van der Waals surface area contributed by atoms with Crippen molar-refractivity contribution in [3.05, 3.63) is 29.8 Å². The van der Waals surface area contributed by atoms with Gasteiger partial charge in [0.2, 0.25) is 5.91 Å². The Morgan fingerprint density at radius 3 is 2.47 bits per heavy atom. The minimum Gasteiger partial charge on any atom is -0.378 e. The Balaban J connectivity index is 2.28. The van der Waals surface area contributed by atoms with E-state index in [2.05, 4.69) is 29.2 Å². The van der Waals surface area contributed by atoms with Crippen LogP contribution in [0, 0.1) is 0 Å². The third kappa shape index (κ3) is 2.73. The van der Waals surface area contributed by atoms with Gasteiger partial charge in [-0.2, -0.15) is 0 Å². The molecule has 0 spiro atoms. The fourth-order valence-corrected chi connectivity index (χ4v) is 2.75. The SMILES string of the molecule is CCN1C(=O)CCC(N)C1c1ccc(N(C)C)cc1. The maximum Gasteiger partial charge on any atom is 0.223 e. The number of nitrogens with two attached hydrogens (primary N) is 1. The molecule has 2 rings (SSSR count). The zero-order valence-corrected chi connectivity index (χ0v) is 12.0. The summed E-state index contributed by atoms with van der Waals surface area (Å²) in [5.41, 5.74) is 8.52. The third-order valence-corrected chi connectivity index (χ3v) is 3.84.